The van der Waals surface area contributed by atoms with Gasteiger partial charge in [-0.2, -0.15) is 11.8 Å². The minimum atomic E-state index is -3.53. The summed E-state index contributed by atoms with van der Waals surface area (Å²) < 4.78 is 44.4. The highest BCUT2D eigenvalue weighted by atomic mass is 32.2. The van der Waals surface area contributed by atoms with Crippen LogP contribution in [0, 0.1) is 5.82 Å². The van der Waals surface area contributed by atoms with Crippen molar-refractivity contribution in [2.24, 2.45) is 0 Å². The summed E-state index contributed by atoms with van der Waals surface area (Å²) in [6, 6.07) is 4.82. The molecule has 0 spiro atoms. The van der Waals surface area contributed by atoms with Crippen LogP contribution in [-0.2, 0) is 14.8 Å². The van der Waals surface area contributed by atoms with Gasteiger partial charge in [0.15, 0.2) is 0 Å². The Morgan fingerprint density at radius 1 is 1.25 bits per heavy atom. The average molecular weight is 319 g/mol. The van der Waals surface area contributed by atoms with Gasteiger partial charge in [-0.3, -0.25) is 0 Å². The van der Waals surface area contributed by atoms with Gasteiger partial charge >= 0.3 is 0 Å². The first kappa shape index (κ1) is 15.8. The number of nitrogens with one attached hydrogen (secondary N) is 1. The minimum absolute atomic E-state index is 0.0926. The van der Waals surface area contributed by atoms with Gasteiger partial charge in [-0.1, -0.05) is 0 Å². The Labute approximate surface area is 123 Å². The Balaban J connectivity index is 1.76. The molecule has 1 fully saturated rings. The number of hydrogen-bond acceptors (Lipinski definition) is 4. The van der Waals surface area contributed by atoms with Crippen LogP contribution in [-0.4, -0.2) is 39.2 Å². The summed E-state index contributed by atoms with van der Waals surface area (Å²) in [5.74, 6) is 0.282. The van der Waals surface area contributed by atoms with Gasteiger partial charge < -0.3 is 4.74 Å². The molecule has 4 nitrogen and oxygen atoms in total. The van der Waals surface area contributed by atoms with Crippen LogP contribution in [0.25, 0.3) is 0 Å². The summed E-state index contributed by atoms with van der Waals surface area (Å²) in [5.41, 5.74) is 0. The fourth-order valence-electron chi connectivity index (χ4n) is 1.94. The third kappa shape index (κ3) is 4.73. The molecule has 0 bridgehead atoms. The number of ether oxygens (including phenoxy) is 1. The van der Waals surface area contributed by atoms with Crippen LogP contribution in [0.1, 0.15) is 12.8 Å². The van der Waals surface area contributed by atoms with Gasteiger partial charge in [0.25, 0.3) is 0 Å². The lowest BCUT2D eigenvalue weighted by Crippen LogP contribution is -2.27. The highest BCUT2D eigenvalue weighted by molar-refractivity contribution is 8.00. The lowest BCUT2D eigenvalue weighted by molar-refractivity contribution is 0.100. The van der Waals surface area contributed by atoms with E-state index >= 15 is 0 Å². The van der Waals surface area contributed by atoms with Crippen LogP contribution >= 0.6 is 11.8 Å². The highest BCUT2D eigenvalue weighted by Crippen LogP contribution is 2.21. The third-order valence-corrected chi connectivity index (χ3v) is 5.90. The van der Waals surface area contributed by atoms with Gasteiger partial charge in [0.2, 0.25) is 10.0 Å². The Kier molecular flexibility index (Phi) is 5.83. The third-order valence-electron chi connectivity index (χ3n) is 3.04. The van der Waals surface area contributed by atoms with Gasteiger partial charge in [0, 0.05) is 30.8 Å². The summed E-state index contributed by atoms with van der Waals surface area (Å²) in [4.78, 5) is 0.0926. The second-order valence-corrected chi connectivity index (χ2v) is 7.71. The molecule has 0 aromatic heterocycles. The number of sulfonamides is 1. The van der Waals surface area contributed by atoms with E-state index in [1.54, 1.807) is 11.8 Å². The van der Waals surface area contributed by atoms with E-state index in [0.29, 0.717) is 11.8 Å². The molecule has 1 aromatic carbocycles. The smallest absolute Gasteiger partial charge is 0.240 e. The van der Waals surface area contributed by atoms with Gasteiger partial charge in [0.05, 0.1) is 4.90 Å². The number of rotatable bonds is 6. The molecule has 1 aliphatic heterocycles. The van der Waals surface area contributed by atoms with Crippen LogP contribution in [0.15, 0.2) is 29.2 Å². The number of hydrogen-bond donors (Lipinski definition) is 1. The predicted octanol–water partition coefficient (Wildman–Crippen LogP) is 2.02. The molecule has 20 heavy (non-hydrogen) atoms. The van der Waals surface area contributed by atoms with E-state index in [4.69, 9.17) is 4.74 Å². The van der Waals surface area contributed by atoms with Crippen LogP contribution in [0.2, 0.25) is 0 Å². The van der Waals surface area contributed by atoms with Gasteiger partial charge in [-0.25, -0.2) is 17.5 Å². The summed E-state index contributed by atoms with van der Waals surface area (Å²) in [6.45, 7) is 1.96. The molecule has 112 valence electrons. The Bertz CT molecular complexity index is 513. The molecule has 0 aliphatic carbocycles. The molecule has 0 amide bonds. The molecule has 0 atom stereocenters. The summed E-state index contributed by atoms with van der Waals surface area (Å²) >= 11 is 1.77. The quantitative estimate of drug-likeness (QED) is 0.815. The summed E-state index contributed by atoms with van der Waals surface area (Å²) in [7, 11) is -3.53. The largest absolute Gasteiger partial charge is 0.381 e. The van der Waals surface area contributed by atoms with Crippen molar-refractivity contribution in [3.05, 3.63) is 30.1 Å². The lowest BCUT2D eigenvalue weighted by atomic mass is 10.2. The summed E-state index contributed by atoms with van der Waals surface area (Å²) in [6.07, 6.45) is 2.05. The molecule has 1 saturated heterocycles. The first-order chi connectivity index (χ1) is 9.58. The zero-order chi connectivity index (χ0) is 14.4. The number of halogens is 1. The van der Waals surface area contributed by atoms with E-state index < -0.39 is 15.8 Å². The Morgan fingerprint density at radius 2 is 1.90 bits per heavy atom. The van der Waals surface area contributed by atoms with Crippen molar-refractivity contribution in [2.75, 3.05) is 25.5 Å². The normalized spacial score (nSPS) is 17.2. The van der Waals surface area contributed by atoms with Crippen LogP contribution in [0.5, 0.6) is 0 Å². The Morgan fingerprint density at radius 3 is 2.55 bits per heavy atom. The van der Waals surface area contributed by atoms with Gasteiger partial charge in [-0.05, 0) is 37.1 Å². The average Bonchev–Trinajstić information content (AvgIpc) is 2.45. The van der Waals surface area contributed by atoms with Crippen LogP contribution < -0.4 is 4.72 Å². The highest BCUT2D eigenvalue weighted by Gasteiger charge is 2.16. The first-order valence-electron chi connectivity index (χ1n) is 6.52. The first-order valence-corrected chi connectivity index (χ1v) is 9.06. The van der Waals surface area contributed by atoms with Gasteiger partial charge in [-0.15, -0.1) is 0 Å². The van der Waals surface area contributed by atoms with E-state index in [0.717, 1.165) is 43.9 Å². The maximum atomic E-state index is 12.8. The Hall–Kier alpha value is -0.630. The van der Waals surface area contributed by atoms with E-state index in [1.165, 1.54) is 12.1 Å². The minimum Gasteiger partial charge on any atom is -0.381 e. The second kappa shape index (κ2) is 7.40. The van der Waals surface area contributed by atoms with Crippen molar-refractivity contribution in [2.45, 2.75) is 23.0 Å². The van der Waals surface area contributed by atoms with E-state index in [9.17, 15) is 12.8 Å². The lowest BCUT2D eigenvalue weighted by Gasteiger charge is -2.21. The fraction of sp³-hybridized carbons (Fsp3) is 0.538. The molecule has 1 aromatic rings. The SMILES string of the molecule is O=S(=O)(NCCSC1CCOCC1)c1ccc(F)cc1. The molecule has 0 unspecified atom stereocenters. The zero-order valence-electron chi connectivity index (χ0n) is 11.0. The van der Waals surface area contributed by atoms with Crippen molar-refractivity contribution >= 4 is 21.8 Å². The molecule has 7 heteroatoms. The van der Waals surface area contributed by atoms with Gasteiger partial charge in [0.1, 0.15) is 5.82 Å². The topological polar surface area (TPSA) is 55.4 Å². The molecule has 2 rings (SSSR count). The molecular formula is C13H18FNO3S2. The maximum Gasteiger partial charge on any atom is 0.240 e. The standard InChI is InChI=1S/C13H18FNO3S2/c14-11-1-3-13(4-2-11)20(16,17)15-7-10-19-12-5-8-18-9-6-12/h1-4,12,15H,5-10H2. The van der Waals surface area contributed by atoms with Crippen molar-refractivity contribution in [1.29, 1.82) is 0 Å². The maximum absolute atomic E-state index is 12.8. The zero-order valence-corrected chi connectivity index (χ0v) is 12.7. The summed E-state index contributed by atoms with van der Waals surface area (Å²) in [5, 5.41) is 0.555. The van der Waals surface area contributed by atoms with Crippen molar-refractivity contribution < 1.29 is 17.5 Å². The molecule has 0 radical (unpaired) electrons. The van der Waals surface area contributed by atoms with Crippen molar-refractivity contribution in [3.63, 3.8) is 0 Å². The molecular weight excluding hydrogens is 301 g/mol. The molecule has 0 saturated carbocycles. The van der Waals surface area contributed by atoms with Crippen molar-refractivity contribution in [1.82, 2.24) is 4.72 Å². The molecule has 1 aliphatic rings. The molecule has 1 N–H and O–H groups in total. The monoisotopic (exact) mass is 319 g/mol. The van der Waals surface area contributed by atoms with Crippen LogP contribution in [0.3, 0.4) is 0 Å². The second-order valence-electron chi connectivity index (χ2n) is 4.53. The van der Waals surface area contributed by atoms with E-state index in [-0.39, 0.29) is 4.90 Å². The number of benzene rings is 1. The number of thioether (sulfide) groups is 1. The predicted molar refractivity (Wildman–Crippen MR) is 77.9 cm³/mol. The fourth-order valence-corrected chi connectivity index (χ4v) is 4.18. The molecule has 1 heterocycles. The van der Waals surface area contributed by atoms with E-state index in [1.807, 2.05) is 0 Å². The van der Waals surface area contributed by atoms with Crippen LogP contribution in [0.4, 0.5) is 4.39 Å². The van der Waals surface area contributed by atoms with Crippen molar-refractivity contribution in [3.8, 4) is 0 Å². The van der Waals surface area contributed by atoms with E-state index in [2.05, 4.69) is 4.72 Å².